The first-order valence-electron chi connectivity index (χ1n) is 6.29. The molecule has 1 amide bonds. The van der Waals surface area contributed by atoms with Crippen molar-refractivity contribution in [1.29, 1.82) is 5.26 Å². The van der Waals surface area contributed by atoms with E-state index in [0.717, 1.165) is 19.4 Å². The molecule has 20 heavy (non-hydrogen) atoms. The highest BCUT2D eigenvalue weighted by atomic mass is 35.5. The molecule has 2 heterocycles. The summed E-state index contributed by atoms with van der Waals surface area (Å²) in [4.78, 5) is 18.4. The van der Waals surface area contributed by atoms with Gasteiger partial charge in [0.15, 0.2) is 0 Å². The summed E-state index contributed by atoms with van der Waals surface area (Å²) in [5, 5.41) is 18.4. The number of anilines is 1. The first kappa shape index (κ1) is 14.4. The minimum absolute atomic E-state index is 0.0805. The molecule has 1 aromatic rings. The monoisotopic (exact) mass is 294 g/mol. The van der Waals surface area contributed by atoms with E-state index in [9.17, 15) is 4.79 Å². The molecule has 1 aliphatic rings. The van der Waals surface area contributed by atoms with Crippen LogP contribution in [0.5, 0.6) is 0 Å². The van der Waals surface area contributed by atoms with E-state index in [1.807, 2.05) is 11.0 Å². The van der Waals surface area contributed by atoms with E-state index in [0.29, 0.717) is 22.8 Å². The zero-order valence-corrected chi connectivity index (χ0v) is 11.8. The molecule has 7 heteroatoms. The molecule has 0 spiro atoms. The maximum Gasteiger partial charge on any atom is 0.407 e. The van der Waals surface area contributed by atoms with Gasteiger partial charge in [-0.2, -0.15) is 5.26 Å². The molecule has 2 rings (SSSR count). The van der Waals surface area contributed by atoms with Crippen LogP contribution in [0.15, 0.2) is 12.4 Å². The van der Waals surface area contributed by atoms with Crippen LogP contribution in [0.25, 0.3) is 0 Å². The van der Waals surface area contributed by atoms with E-state index in [1.54, 1.807) is 13.2 Å². The lowest BCUT2D eigenvalue weighted by atomic mass is 10.0. The van der Waals surface area contributed by atoms with E-state index < -0.39 is 6.09 Å². The van der Waals surface area contributed by atoms with Gasteiger partial charge in [-0.3, -0.25) is 4.98 Å². The van der Waals surface area contributed by atoms with Gasteiger partial charge in [0.05, 0.1) is 28.5 Å². The molecular formula is C13H15ClN4O2. The number of hydrogen-bond acceptors (Lipinski definition) is 4. The number of pyridine rings is 1. The van der Waals surface area contributed by atoms with Gasteiger partial charge in [0, 0.05) is 26.3 Å². The van der Waals surface area contributed by atoms with Crippen molar-refractivity contribution in [2.24, 2.45) is 0 Å². The summed E-state index contributed by atoms with van der Waals surface area (Å²) < 4.78 is 0. The fourth-order valence-corrected chi connectivity index (χ4v) is 2.64. The quantitative estimate of drug-likeness (QED) is 0.904. The Labute approximate surface area is 122 Å². The van der Waals surface area contributed by atoms with Gasteiger partial charge < -0.3 is 14.9 Å². The number of nitriles is 1. The number of aromatic nitrogens is 1. The van der Waals surface area contributed by atoms with Crippen LogP contribution in [0.2, 0.25) is 5.02 Å². The SMILES string of the molecule is CN(C(=O)O)C1CCCN(c2cncc(C#N)c2Cl)C1. The van der Waals surface area contributed by atoms with E-state index in [4.69, 9.17) is 22.0 Å². The van der Waals surface area contributed by atoms with E-state index in [2.05, 4.69) is 4.98 Å². The highest BCUT2D eigenvalue weighted by Crippen LogP contribution is 2.30. The summed E-state index contributed by atoms with van der Waals surface area (Å²) in [5.41, 5.74) is 1.02. The Morgan fingerprint density at radius 2 is 2.40 bits per heavy atom. The van der Waals surface area contributed by atoms with Crippen LogP contribution in [-0.2, 0) is 0 Å². The van der Waals surface area contributed by atoms with Crippen molar-refractivity contribution < 1.29 is 9.90 Å². The average molecular weight is 295 g/mol. The molecule has 0 saturated carbocycles. The van der Waals surface area contributed by atoms with Crippen molar-refractivity contribution in [2.45, 2.75) is 18.9 Å². The van der Waals surface area contributed by atoms with Crippen LogP contribution < -0.4 is 4.90 Å². The Morgan fingerprint density at radius 1 is 1.65 bits per heavy atom. The molecule has 1 aromatic heterocycles. The van der Waals surface area contributed by atoms with E-state index in [-0.39, 0.29) is 6.04 Å². The summed E-state index contributed by atoms with van der Waals surface area (Å²) >= 11 is 6.20. The van der Waals surface area contributed by atoms with E-state index >= 15 is 0 Å². The second kappa shape index (κ2) is 5.97. The van der Waals surface area contributed by atoms with Gasteiger partial charge in [-0.1, -0.05) is 11.6 Å². The molecule has 1 saturated heterocycles. The second-order valence-electron chi connectivity index (χ2n) is 4.77. The third-order valence-electron chi connectivity index (χ3n) is 3.57. The van der Waals surface area contributed by atoms with Gasteiger partial charge in [0.1, 0.15) is 6.07 Å². The fraction of sp³-hybridized carbons (Fsp3) is 0.462. The molecule has 1 N–H and O–H groups in total. The highest BCUT2D eigenvalue weighted by molar-refractivity contribution is 6.34. The number of halogens is 1. The minimum atomic E-state index is -0.938. The van der Waals surface area contributed by atoms with Crippen LogP contribution in [0.1, 0.15) is 18.4 Å². The molecule has 0 radical (unpaired) electrons. The van der Waals surface area contributed by atoms with Crippen LogP contribution in [-0.4, -0.2) is 47.3 Å². The Bertz CT molecular complexity index is 558. The molecule has 0 aliphatic carbocycles. The van der Waals surface area contributed by atoms with Gasteiger partial charge in [-0.25, -0.2) is 4.79 Å². The molecule has 0 aromatic carbocycles. The standard InChI is InChI=1S/C13H15ClN4O2/c1-17(13(19)20)10-3-2-4-18(8-10)11-7-16-6-9(5-15)12(11)14/h6-7,10H,2-4,8H2,1H3,(H,19,20). The smallest absolute Gasteiger partial charge is 0.407 e. The lowest BCUT2D eigenvalue weighted by molar-refractivity contribution is 0.133. The minimum Gasteiger partial charge on any atom is -0.465 e. The lowest BCUT2D eigenvalue weighted by Gasteiger charge is -2.37. The van der Waals surface area contributed by atoms with Gasteiger partial charge in [0.25, 0.3) is 0 Å². The van der Waals surface area contributed by atoms with E-state index in [1.165, 1.54) is 11.1 Å². The number of rotatable bonds is 2. The topological polar surface area (TPSA) is 80.5 Å². The number of piperidine rings is 1. The molecule has 1 fully saturated rings. The fourth-order valence-electron chi connectivity index (χ4n) is 2.38. The van der Waals surface area contributed by atoms with Gasteiger partial charge in [-0.15, -0.1) is 0 Å². The van der Waals surface area contributed by atoms with Crippen molar-refractivity contribution >= 4 is 23.4 Å². The van der Waals surface area contributed by atoms with Crippen molar-refractivity contribution in [3.8, 4) is 6.07 Å². The largest absolute Gasteiger partial charge is 0.465 e. The third kappa shape index (κ3) is 2.78. The van der Waals surface area contributed by atoms with Gasteiger partial charge in [0.2, 0.25) is 0 Å². The molecular weight excluding hydrogens is 280 g/mol. The number of amides is 1. The third-order valence-corrected chi connectivity index (χ3v) is 3.97. The Kier molecular flexibility index (Phi) is 4.30. The molecule has 1 aliphatic heterocycles. The molecule has 106 valence electrons. The second-order valence-corrected chi connectivity index (χ2v) is 5.15. The van der Waals surface area contributed by atoms with Crippen LogP contribution in [0.4, 0.5) is 10.5 Å². The predicted octanol–water partition coefficient (Wildman–Crippen LogP) is 2.19. The van der Waals surface area contributed by atoms with Gasteiger partial charge >= 0.3 is 6.09 Å². The number of likely N-dealkylation sites (N-methyl/N-ethyl adjacent to an activating group) is 1. The summed E-state index contributed by atoms with van der Waals surface area (Å²) in [5.74, 6) is 0. The predicted molar refractivity (Wildman–Crippen MR) is 75.0 cm³/mol. The molecule has 0 bridgehead atoms. The maximum absolute atomic E-state index is 11.0. The lowest BCUT2D eigenvalue weighted by Crippen LogP contribution is -2.48. The zero-order chi connectivity index (χ0) is 14.7. The Balaban J connectivity index is 2.22. The van der Waals surface area contributed by atoms with Gasteiger partial charge in [-0.05, 0) is 12.8 Å². The van der Waals surface area contributed by atoms with Crippen molar-refractivity contribution in [3.63, 3.8) is 0 Å². The number of hydrogen-bond donors (Lipinski definition) is 1. The Hall–Kier alpha value is -2.00. The summed E-state index contributed by atoms with van der Waals surface area (Å²) in [6, 6.07) is 1.92. The molecule has 1 atom stereocenters. The highest BCUT2D eigenvalue weighted by Gasteiger charge is 2.27. The first-order chi connectivity index (χ1) is 9.54. The van der Waals surface area contributed by atoms with Crippen molar-refractivity contribution in [1.82, 2.24) is 9.88 Å². The summed E-state index contributed by atoms with van der Waals surface area (Å²) in [7, 11) is 1.57. The summed E-state index contributed by atoms with van der Waals surface area (Å²) in [6.45, 7) is 1.33. The number of nitrogens with zero attached hydrogens (tertiary/aromatic N) is 4. The first-order valence-corrected chi connectivity index (χ1v) is 6.66. The maximum atomic E-state index is 11.0. The normalized spacial score (nSPS) is 18.4. The Morgan fingerprint density at radius 3 is 3.05 bits per heavy atom. The zero-order valence-electron chi connectivity index (χ0n) is 11.1. The van der Waals surface area contributed by atoms with Crippen LogP contribution >= 0.6 is 11.6 Å². The van der Waals surface area contributed by atoms with Crippen LogP contribution in [0.3, 0.4) is 0 Å². The van der Waals surface area contributed by atoms with Crippen molar-refractivity contribution in [3.05, 3.63) is 23.0 Å². The average Bonchev–Trinajstić information content (AvgIpc) is 2.46. The van der Waals surface area contributed by atoms with Crippen LogP contribution in [0, 0.1) is 11.3 Å². The molecule has 6 nitrogen and oxygen atoms in total. The summed E-state index contributed by atoms with van der Waals surface area (Å²) in [6.07, 6.45) is 3.80. The van der Waals surface area contributed by atoms with Crippen molar-refractivity contribution in [2.75, 3.05) is 25.0 Å². The number of carbonyl (C=O) groups is 1. The molecule has 1 unspecified atom stereocenters. The number of carboxylic acid groups (broad SMARTS) is 1.